The molecule has 2 amide bonds. The second-order valence-electron chi connectivity index (χ2n) is 8.39. The van der Waals surface area contributed by atoms with Crippen LogP contribution in [0.1, 0.15) is 19.4 Å². The number of piperazine rings is 1. The van der Waals surface area contributed by atoms with E-state index >= 15 is 0 Å². The SMILES string of the molecule is CCN(CC)C(=O)N1CCN(Cc2cc(Nc3ccnc4cc(Cl)ccc34)ccc2OC)CC1.Cl.Cl. The number of rotatable bonds is 7. The largest absolute Gasteiger partial charge is 0.496 e. The molecule has 36 heavy (non-hydrogen) atoms. The van der Waals surface area contributed by atoms with Crippen LogP contribution in [0.15, 0.2) is 48.7 Å². The third-order valence-corrected chi connectivity index (χ3v) is 6.57. The van der Waals surface area contributed by atoms with Gasteiger partial charge in [0.2, 0.25) is 0 Å². The standard InChI is InChI=1S/C26H32ClN5O2.2ClH/c1-4-31(5-2)26(33)32-14-12-30(13-15-32)18-19-16-21(7-9-25(19)34-3)29-23-10-11-28-24-17-20(27)6-8-22(23)24;;/h6-11,16-17H,4-5,12-15,18H2,1-3H3,(H,28,29);2*1H. The average molecular weight is 555 g/mol. The van der Waals surface area contributed by atoms with Gasteiger partial charge in [-0.3, -0.25) is 9.88 Å². The van der Waals surface area contributed by atoms with E-state index < -0.39 is 0 Å². The lowest BCUT2D eigenvalue weighted by molar-refractivity contribution is 0.112. The number of carbonyl (C=O) groups excluding carboxylic acids is 1. The van der Waals surface area contributed by atoms with E-state index in [4.69, 9.17) is 16.3 Å². The molecule has 10 heteroatoms. The first-order chi connectivity index (χ1) is 16.5. The normalized spacial score (nSPS) is 13.5. The number of hydrogen-bond acceptors (Lipinski definition) is 5. The number of anilines is 2. The first-order valence-electron chi connectivity index (χ1n) is 11.8. The first kappa shape index (κ1) is 29.8. The van der Waals surface area contributed by atoms with Crippen LogP contribution in [0.3, 0.4) is 0 Å². The number of nitrogens with zero attached hydrogens (tertiary/aromatic N) is 4. The van der Waals surface area contributed by atoms with Gasteiger partial charge in [-0.05, 0) is 56.3 Å². The Balaban J connectivity index is 0.00000228. The summed E-state index contributed by atoms with van der Waals surface area (Å²) in [6, 6.07) is 14.0. The minimum atomic E-state index is 0. The molecule has 2 heterocycles. The van der Waals surface area contributed by atoms with Gasteiger partial charge in [-0.15, -0.1) is 24.8 Å². The Bertz CT molecular complexity index is 1150. The first-order valence-corrected chi connectivity index (χ1v) is 12.1. The maximum atomic E-state index is 12.6. The molecule has 1 aliphatic heterocycles. The van der Waals surface area contributed by atoms with Crippen LogP contribution in [0.25, 0.3) is 10.9 Å². The van der Waals surface area contributed by atoms with Crippen LogP contribution < -0.4 is 10.1 Å². The van der Waals surface area contributed by atoms with Crippen molar-refractivity contribution in [2.24, 2.45) is 0 Å². The summed E-state index contributed by atoms with van der Waals surface area (Å²) in [7, 11) is 1.70. The molecule has 1 saturated heterocycles. The molecule has 2 aromatic carbocycles. The number of benzene rings is 2. The van der Waals surface area contributed by atoms with Gasteiger partial charge in [0.05, 0.1) is 12.6 Å². The quantitative estimate of drug-likeness (QED) is 0.384. The Morgan fingerprint density at radius 3 is 2.44 bits per heavy atom. The zero-order valence-electron chi connectivity index (χ0n) is 20.9. The highest BCUT2D eigenvalue weighted by atomic mass is 35.5. The lowest BCUT2D eigenvalue weighted by Crippen LogP contribution is -2.52. The zero-order chi connectivity index (χ0) is 24.1. The van der Waals surface area contributed by atoms with Gasteiger partial charge in [0.15, 0.2) is 0 Å². The molecular weight excluding hydrogens is 521 g/mol. The van der Waals surface area contributed by atoms with Crippen LogP contribution in [0, 0.1) is 0 Å². The lowest BCUT2D eigenvalue weighted by Gasteiger charge is -2.37. The van der Waals surface area contributed by atoms with Gasteiger partial charge >= 0.3 is 6.03 Å². The molecular formula is C26H34Cl3N5O2. The highest BCUT2D eigenvalue weighted by Crippen LogP contribution is 2.30. The van der Waals surface area contributed by atoms with Crippen LogP contribution in [-0.4, -0.2) is 72.1 Å². The van der Waals surface area contributed by atoms with E-state index in [0.717, 1.165) is 79.4 Å². The van der Waals surface area contributed by atoms with Crippen molar-refractivity contribution >= 4 is 64.7 Å². The number of methoxy groups -OCH3 is 1. The number of ether oxygens (including phenoxy) is 1. The van der Waals surface area contributed by atoms with Gasteiger partial charge in [-0.1, -0.05) is 11.6 Å². The number of fused-ring (bicyclic) bond motifs is 1. The maximum Gasteiger partial charge on any atom is 0.320 e. The molecule has 0 saturated carbocycles. The topological polar surface area (TPSA) is 60.9 Å². The molecule has 0 spiro atoms. The van der Waals surface area contributed by atoms with Crippen LogP contribution in [0.5, 0.6) is 5.75 Å². The molecule has 0 atom stereocenters. The number of pyridine rings is 1. The zero-order valence-corrected chi connectivity index (χ0v) is 23.3. The second-order valence-corrected chi connectivity index (χ2v) is 8.83. The highest BCUT2D eigenvalue weighted by molar-refractivity contribution is 6.31. The van der Waals surface area contributed by atoms with Crippen molar-refractivity contribution in [1.82, 2.24) is 19.7 Å². The Kier molecular flexibility index (Phi) is 11.4. The number of nitrogens with one attached hydrogen (secondary N) is 1. The van der Waals surface area contributed by atoms with E-state index in [2.05, 4.69) is 21.3 Å². The number of amides is 2. The summed E-state index contributed by atoms with van der Waals surface area (Å²) in [6.45, 7) is 9.44. The number of carbonyl (C=O) groups is 1. The Hall–Kier alpha value is -2.45. The smallest absolute Gasteiger partial charge is 0.320 e. The van der Waals surface area contributed by atoms with Crippen molar-refractivity contribution in [2.75, 3.05) is 51.7 Å². The number of hydrogen-bond donors (Lipinski definition) is 1. The van der Waals surface area contributed by atoms with Crippen molar-refractivity contribution in [3.8, 4) is 5.75 Å². The number of aromatic nitrogens is 1. The molecule has 1 aliphatic rings. The van der Waals surface area contributed by atoms with Crippen LogP contribution in [-0.2, 0) is 6.54 Å². The van der Waals surface area contributed by atoms with Gasteiger partial charge < -0.3 is 19.9 Å². The van der Waals surface area contributed by atoms with Gasteiger partial charge in [0.25, 0.3) is 0 Å². The van der Waals surface area contributed by atoms with Gasteiger partial charge in [-0.25, -0.2) is 4.79 Å². The Morgan fingerprint density at radius 2 is 1.78 bits per heavy atom. The Morgan fingerprint density at radius 1 is 1.06 bits per heavy atom. The maximum absolute atomic E-state index is 12.6. The minimum Gasteiger partial charge on any atom is -0.496 e. The van der Waals surface area contributed by atoms with Gasteiger partial charge in [0, 0.05) is 79.4 Å². The monoisotopic (exact) mass is 553 g/mol. The van der Waals surface area contributed by atoms with E-state index in [9.17, 15) is 4.79 Å². The molecule has 1 aromatic heterocycles. The summed E-state index contributed by atoms with van der Waals surface area (Å²) in [5.74, 6) is 0.860. The lowest BCUT2D eigenvalue weighted by atomic mass is 10.1. The molecule has 0 bridgehead atoms. The molecule has 4 rings (SSSR count). The number of urea groups is 1. The summed E-state index contributed by atoms with van der Waals surface area (Å²) in [5, 5.41) is 5.21. The fourth-order valence-electron chi connectivity index (χ4n) is 4.40. The molecule has 196 valence electrons. The molecule has 1 fully saturated rings. The van der Waals surface area contributed by atoms with Crippen molar-refractivity contribution in [1.29, 1.82) is 0 Å². The second kappa shape index (κ2) is 13.7. The highest BCUT2D eigenvalue weighted by Gasteiger charge is 2.24. The third kappa shape index (κ3) is 6.85. The fraction of sp³-hybridized carbons (Fsp3) is 0.385. The minimum absolute atomic E-state index is 0. The van der Waals surface area contributed by atoms with Crippen molar-refractivity contribution in [3.05, 3.63) is 59.2 Å². The predicted octanol–water partition coefficient (Wildman–Crippen LogP) is 6.06. The van der Waals surface area contributed by atoms with E-state index in [1.807, 2.05) is 60.0 Å². The van der Waals surface area contributed by atoms with Gasteiger partial charge in [0.1, 0.15) is 5.75 Å². The van der Waals surface area contributed by atoms with Crippen molar-refractivity contribution < 1.29 is 9.53 Å². The summed E-state index contributed by atoms with van der Waals surface area (Å²) in [5.41, 5.74) is 3.91. The number of halogens is 3. The van der Waals surface area contributed by atoms with Crippen LogP contribution in [0.2, 0.25) is 5.02 Å². The van der Waals surface area contributed by atoms with Gasteiger partial charge in [-0.2, -0.15) is 0 Å². The van der Waals surface area contributed by atoms with Crippen molar-refractivity contribution in [3.63, 3.8) is 0 Å². The molecule has 3 aromatic rings. The molecule has 0 unspecified atom stereocenters. The summed E-state index contributed by atoms with van der Waals surface area (Å²) < 4.78 is 5.65. The molecule has 0 aliphatic carbocycles. The molecule has 1 N–H and O–H groups in total. The predicted molar refractivity (Wildman–Crippen MR) is 153 cm³/mol. The van der Waals surface area contributed by atoms with E-state index in [1.54, 1.807) is 13.3 Å². The fourth-order valence-corrected chi connectivity index (χ4v) is 4.56. The van der Waals surface area contributed by atoms with E-state index in [1.165, 1.54) is 0 Å². The van der Waals surface area contributed by atoms with Crippen molar-refractivity contribution in [2.45, 2.75) is 20.4 Å². The van der Waals surface area contributed by atoms with E-state index in [-0.39, 0.29) is 30.8 Å². The summed E-state index contributed by atoms with van der Waals surface area (Å²) >= 11 is 6.13. The van der Waals surface area contributed by atoms with Crippen LogP contribution in [0.4, 0.5) is 16.2 Å². The summed E-state index contributed by atoms with van der Waals surface area (Å²) in [6.07, 6.45) is 1.78. The Labute approximate surface area is 230 Å². The summed E-state index contributed by atoms with van der Waals surface area (Å²) in [4.78, 5) is 23.3. The van der Waals surface area contributed by atoms with Crippen LogP contribution >= 0.6 is 36.4 Å². The average Bonchev–Trinajstić information content (AvgIpc) is 2.85. The molecule has 0 radical (unpaired) electrons. The van der Waals surface area contributed by atoms with E-state index in [0.29, 0.717) is 5.02 Å². The molecule has 7 nitrogen and oxygen atoms in total. The third-order valence-electron chi connectivity index (χ3n) is 6.33.